The van der Waals surface area contributed by atoms with Gasteiger partial charge >= 0.3 is 0 Å². The van der Waals surface area contributed by atoms with E-state index < -0.39 is 0 Å². The van der Waals surface area contributed by atoms with Gasteiger partial charge in [0, 0.05) is 30.6 Å². The number of pyridine rings is 1. The highest BCUT2D eigenvalue weighted by molar-refractivity contribution is 7.09. The highest BCUT2D eigenvalue weighted by atomic mass is 32.1. The van der Waals surface area contributed by atoms with Crippen molar-refractivity contribution in [2.75, 3.05) is 20.6 Å². The van der Waals surface area contributed by atoms with E-state index >= 15 is 0 Å². The lowest BCUT2D eigenvalue weighted by Crippen LogP contribution is -2.30. The summed E-state index contributed by atoms with van der Waals surface area (Å²) >= 11 is 1.73. The molecule has 4 nitrogen and oxygen atoms in total. The highest BCUT2D eigenvalue weighted by Gasteiger charge is 2.29. The number of aryl methyl sites for hydroxylation is 1. The van der Waals surface area contributed by atoms with Crippen LogP contribution in [0.4, 0.5) is 0 Å². The zero-order chi connectivity index (χ0) is 16.9. The molecule has 1 fully saturated rings. The molecule has 1 unspecified atom stereocenters. The molecule has 1 atom stereocenters. The topological polar surface area (TPSA) is 36.4 Å². The fraction of sp³-hybridized carbons (Fsp3) is 0.474. The molecule has 1 aliphatic heterocycles. The zero-order valence-electron chi connectivity index (χ0n) is 14.4. The first-order chi connectivity index (χ1) is 11.6. The van der Waals surface area contributed by atoms with Crippen molar-refractivity contribution in [2.24, 2.45) is 0 Å². The van der Waals surface area contributed by atoms with Crippen molar-refractivity contribution in [1.82, 2.24) is 14.8 Å². The molecular formula is C19H25N3OS. The number of carbonyl (C=O) groups is 1. The Morgan fingerprint density at radius 3 is 3.04 bits per heavy atom. The molecule has 1 saturated heterocycles. The van der Waals surface area contributed by atoms with E-state index in [9.17, 15) is 4.79 Å². The number of rotatable bonds is 6. The average molecular weight is 343 g/mol. The summed E-state index contributed by atoms with van der Waals surface area (Å²) < 4.78 is 0. The monoisotopic (exact) mass is 343 g/mol. The first-order valence-electron chi connectivity index (χ1n) is 8.55. The maximum atomic E-state index is 12.7. The third-order valence-corrected chi connectivity index (χ3v) is 5.38. The molecule has 1 aliphatic rings. The van der Waals surface area contributed by atoms with Crippen LogP contribution in [-0.4, -0.2) is 41.3 Å². The highest BCUT2D eigenvalue weighted by Crippen LogP contribution is 2.32. The van der Waals surface area contributed by atoms with Gasteiger partial charge in [0.1, 0.15) is 0 Å². The summed E-state index contributed by atoms with van der Waals surface area (Å²) in [5.74, 6) is 0.275. The average Bonchev–Trinajstić information content (AvgIpc) is 3.23. The maximum absolute atomic E-state index is 12.7. The Morgan fingerprint density at radius 2 is 2.29 bits per heavy atom. The number of carbonyl (C=O) groups excluding carboxylic acids is 1. The Labute approximate surface area is 148 Å². The molecule has 128 valence electrons. The van der Waals surface area contributed by atoms with E-state index in [-0.39, 0.29) is 11.9 Å². The van der Waals surface area contributed by atoms with E-state index in [0.717, 1.165) is 38.0 Å². The molecule has 1 amide bonds. The quantitative estimate of drug-likeness (QED) is 0.805. The van der Waals surface area contributed by atoms with Gasteiger partial charge in [0.2, 0.25) is 5.91 Å². The summed E-state index contributed by atoms with van der Waals surface area (Å²) in [6.45, 7) is 1.70. The normalized spacial score (nSPS) is 17.6. The first-order valence-corrected chi connectivity index (χ1v) is 9.43. The molecule has 2 aromatic rings. The molecule has 0 aliphatic carbocycles. The third kappa shape index (κ3) is 4.22. The summed E-state index contributed by atoms with van der Waals surface area (Å²) in [5, 5.41) is 2.07. The molecular weight excluding hydrogens is 318 g/mol. The minimum Gasteiger partial charge on any atom is -0.336 e. The molecule has 3 rings (SSSR count). The predicted octanol–water partition coefficient (Wildman–Crippen LogP) is 3.50. The van der Waals surface area contributed by atoms with Crippen LogP contribution in [0.2, 0.25) is 0 Å². The molecule has 0 radical (unpaired) electrons. The Hall–Kier alpha value is -1.72. The van der Waals surface area contributed by atoms with Crippen LogP contribution in [0, 0.1) is 0 Å². The van der Waals surface area contributed by atoms with Crippen LogP contribution >= 0.6 is 11.3 Å². The Kier molecular flexibility index (Phi) is 5.63. The zero-order valence-corrected chi connectivity index (χ0v) is 15.3. The SMILES string of the molecule is CN(C)Cc1cc(C2CCCN2C(=O)CCc2cccs2)ccn1. The standard InChI is InChI=1S/C19H25N3OS/c1-21(2)14-16-13-15(9-10-20-16)18-6-3-11-22(18)19(23)8-7-17-5-4-12-24-17/h4-5,9-10,12-13,18H,3,6-8,11,14H2,1-2H3. The van der Waals surface area contributed by atoms with Crippen molar-refractivity contribution in [2.45, 2.75) is 38.3 Å². The van der Waals surface area contributed by atoms with Gasteiger partial charge in [-0.25, -0.2) is 0 Å². The maximum Gasteiger partial charge on any atom is 0.223 e. The van der Waals surface area contributed by atoms with E-state index in [4.69, 9.17) is 0 Å². The van der Waals surface area contributed by atoms with Gasteiger partial charge in [0.25, 0.3) is 0 Å². The van der Waals surface area contributed by atoms with Crippen LogP contribution in [0.5, 0.6) is 0 Å². The molecule has 5 heteroatoms. The molecule has 0 spiro atoms. The number of thiophene rings is 1. The van der Waals surface area contributed by atoms with Crippen LogP contribution in [0.1, 0.15) is 41.4 Å². The minimum absolute atomic E-state index is 0.213. The number of hydrogen-bond donors (Lipinski definition) is 0. The van der Waals surface area contributed by atoms with Crippen molar-refractivity contribution in [1.29, 1.82) is 0 Å². The molecule has 0 saturated carbocycles. The number of nitrogens with zero attached hydrogens (tertiary/aromatic N) is 3. The number of likely N-dealkylation sites (tertiary alicyclic amines) is 1. The van der Waals surface area contributed by atoms with Crippen molar-refractivity contribution in [3.8, 4) is 0 Å². The lowest BCUT2D eigenvalue weighted by Gasteiger charge is -2.25. The fourth-order valence-corrected chi connectivity index (χ4v) is 4.06. The van der Waals surface area contributed by atoms with Crippen molar-refractivity contribution in [3.05, 3.63) is 52.0 Å². The Morgan fingerprint density at radius 1 is 1.42 bits per heavy atom. The van der Waals surface area contributed by atoms with Crippen LogP contribution in [0.3, 0.4) is 0 Å². The fourth-order valence-electron chi connectivity index (χ4n) is 3.35. The Bertz CT molecular complexity index is 669. The summed E-state index contributed by atoms with van der Waals surface area (Å²) in [5.41, 5.74) is 2.29. The summed E-state index contributed by atoms with van der Waals surface area (Å²) in [4.78, 5) is 22.6. The molecule has 0 bridgehead atoms. The van der Waals surface area contributed by atoms with Gasteiger partial charge in [-0.1, -0.05) is 6.07 Å². The Balaban J connectivity index is 1.67. The van der Waals surface area contributed by atoms with Crippen molar-refractivity contribution in [3.63, 3.8) is 0 Å². The second-order valence-corrected chi connectivity index (χ2v) is 7.68. The van der Waals surface area contributed by atoms with Crippen molar-refractivity contribution < 1.29 is 4.79 Å². The van der Waals surface area contributed by atoms with E-state index in [1.807, 2.05) is 26.4 Å². The number of aromatic nitrogens is 1. The van der Waals surface area contributed by atoms with Crippen molar-refractivity contribution >= 4 is 17.2 Å². The minimum atomic E-state index is 0.213. The molecule has 0 aromatic carbocycles. The van der Waals surface area contributed by atoms with Crippen LogP contribution < -0.4 is 0 Å². The van der Waals surface area contributed by atoms with Crippen LogP contribution in [0.15, 0.2) is 35.8 Å². The van der Waals surface area contributed by atoms with E-state index in [1.165, 1.54) is 10.4 Å². The van der Waals surface area contributed by atoms with Gasteiger partial charge in [-0.3, -0.25) is 9.78 Å². The summed E-state index contributed by atoms with van der Waals surface area (Å²) in [7, 11) is 4.09. The van der Waals surface area contributed by atoms with E-state index in [1.54, 1.807) is 11.3 Å². The number of amides is 1. The van der Waals surface area contributed by atoms with Gasteiger partial charge in [-0.2, -0.15) is 0 Å². The van der Waals surface area contributed by atoms with E-state index in [2.05, 4.69) is 38.4 Å². The lowest BCUT2D eigenvalue weighted by molar-refractivity contribution is -0.132. The molecule has 24 heavy (non-hydrogen) atoms. The second-order valence-electron chi connectivity index (χ2n) is 6.64. The smallest absolute Gasteiger partial charge is 0.223 e. The van der Waals surface area contributed by atoms with Gasteiger partial charge in [0.05, 0.1) is 11.7 Å². The third-order valence-electron chi connectivity index (χ3n) is 4.44. The summed E-state index contributed by atoms with van der Waals surface area (Å²) in [6.07, 6.45) is 5.46. The van der Waals surface area contributed by atoms with Crippen LogP contribution in [-0.2, 0) is 17.8 Å². The largest absolute Gasteiger partial charge is 0.336 e. The summed E-state index contributed by atoms with van der Waals surface area (Å²) in [6, 6.07) is 8.59. The van der Waals surface area contributed by atoms with Gasteiger partial charge in [-0.05, 0) is 62.5 Å². The molecule has 3 heterocycles. The van der Waals surface area contributed by atoms with Gasteiger partial charge in [0.15, 0.2) is 0 Å². The van der Waals surface area contributed by atoms with Gasteiger partial charge < -0.3 is 9.80 Å². The molecule has 2 aromatic heterocycles. The van der Waals surface area contributed by atoms with E-state index in [0.29, 0.717) is 6.42 Å². The second kappa shape index (κ2) is 7.90. The first kappa shape index (κ1) is 17.1. The number of hydrogen-bond acceptors (Lipinski definition) is 4. The lowest BCUT2D eigenvalue weighted by atomic mass is 10.0. The van der Waals surface area contributed by atoms with Gasteiger partial charge in [-0.15, -0.1) is 11.3 Å². The van der Waals surface area contributed by atoms with Crippen LogP contribution in [0.25, 0.3) is 0 Å². The predicted molar refractivity (Wildman–Crippen MR) is 98.0 cm³/mol. The molecule has 0 N–H and O–H groups in total.